The van der Waals surface area contributed by atoms with Gasteiger partial charge in [-0.1, -0.05) is 23.5 Å². The van der Waals surface area contributed by atoms with Gasteiger partial charge < -0.3 is 25.2 Å². The van der Waals surface area contributed by atoms with Crippen LogP contribution in [0.3, 0.4) is 0 Å². The molecule has 3 aromatic rings. The van der Waals surface area contributed by atoms with Crippen LogP contribution in [0.2, 0.25) is 0 Å². The lowest BCUT2D eigenvalue weighted by molar-refractivity contribution is -0.118. The molecule has 0 fully saturated rings. The van der Waals surface area contributed by atoms with Crippen molar-refractivity contribution in [2.45, 2.75) is 6.42 Å². The Balaban J connectivity index is 1.55. The number of nitrogens with one attached hydrogen (secondary N) is 3. The number of carbonyl (C=O) groups excluding carboxylic acids is 1. The summed E-state index contributed by atoms with van der Waals surface area (Å²) < 4.78 is 10.7. The van der Waals surface area contributed by atoms with Crippen LogP contribution in [-0.2, 0) is 11.2 Å². The summed E-state index contributed by atoms with van der Waals surface area (Å²) in [5, 5.41) is 15.5. The maximum atomic E-state index is 12.2. The number of ether oxygens (including phenoxy) is 2. The van der Waals surface area contributed by atoms with Crippen LogP contribution in [0.4, 0.5) is 11.4 Å². The minimum absolute atomic E-state index is 0.100. The summed E-state index contributed by atoms with van der Waals surface area (Å²) in [6, 6.07) is 12.4. The monoisotopic (exact) mass is 415 g/mol. The van der Waals surface area contributed by atoms with E-state index in [1.807, 2.05) is 12.1 Å². The van der Waals surface area contributed by atoms with Crippen molar-refractivity contribution in [3.05, 3.63) is 62.6 Å². The average molecular weight is 415 g/mol. The molecule has 0 saturated carbocycles. The molecule has 0 bridgehead atoms. The zero-order chi connectivity index (χ0) is 20.8. The number of anilines is 2. The Morgan fingerprint density at radius 2 is 1.86 bits per heavy atom. The van der Waals surface area contributed by atoms with Crippen molar-refractivity contribution in [2.24, 2.45) is 0 Å². The molecule has 152 valence electrons. The SMILES string of the molecule is CNc1cc(OC)ccc1NC(=O)COc1ccc(Cc2sc(=O)[nH]c2O)cc1. The molecule has 0 radical (unpaired) electrons. The summed E-state index contributed by atoms with van der Waals surface area (Å²) in [6.45, 7) is -0.144. The van der Waals surface area contributed by atoms with Crippen molar-refractivity contribution in [1.82, 2.24) is 4.98 Å². The van der Waals surface area contributed by atoms with Gasteiger partial charge in [-0.25, -0.2) is 0 Å². The highest BCUT2D eigenvalue weighted by molar-refractivity contribution is 7.09. The number of thiazole rings is 1. The van der Waals surface area contributed by atoms with Gasteiger partial charge in [0.05, 0.1) is 23.4 Å². The predicted octanol–water partition coefficient (Wildman–Crippen LogP) is 2.80. The molecule has 0 spiro atoms. The Kier molecular flexibility index (Phi) is 6.40. The lowest BCUT2D eigenvalue weighted by Crippen LogP contribution is -2.20. The van der Waals surface area contributed by atoms with Crippen LogP contribution < -0.4 is 25.0 Å². The van der Waals surface area contributed by atoms with Gasteiger partial charge in [0.25, 0.3) is 5.91 Å². The van der Waals surface area contributed by atoms with E-state index < -0.39 is 0 Å². The molecule has 4 N–H and O–H groups in total. The number of benzene rings is 2. The number of rotatable bonds is 8. The minimum atomic E-state index is -0.294. The van der Waals surface area contributed by atoms with Crippen molar-refractivity contribution in [1.29, 1.82) is 0 Å². The largest absolute Gasteiger partial charge is 0.497 e. The molecule has 1 aromatic heterocycles. The number of aromatic amines is 1. The number of H-pyrrole nitrogens is 1. The maximum Gasteiger partial charge on any atom is 0.307 e. The highest BCUT2D eigenvalue weighted by Gasteiger charge is 2.10. The zero-order valence-corrected chi connectivity index (χ0v) is 16.8. The number of hydrogen-bond donors (Lipinski definition) is 4. The van der Waals surface area contributed by atoms with Crippen molar-refractivity contribution in [3.8, 4) is 17.4 Å². The summed E-state index contributed by atoms with van der Waals surface area (Å²) in [5.41, 5.74) is 2.27. The van der Waals surface area contributed by atoms with E-state index in [1.165, 1.54) is 0 Å². The molecule has 0 aliphatic carbocycles. The normalized spacial score (nSPS) is 10.4. The topological polar surface area (TPSA) is 113 Å². The van der Waals surface area contributed by atoms with Crippen LogP contribution in [0.5, 0.6) is 17.4 Å². The molecule has 9 heteroatoms. The Hall–Kier alpha value is -3.46. The van der Waals surface area contributed by atoms with Gasteiger partial charge in [0, 0.05) is 19.5 Å². The second kappa shape index (κ2) is 9.16. The molecular weight excluding hydrogens is 394 g/mol. The number of hydrogen-bond acceptors (Lipinski definition) is 7. The number of aromatic nitrogens is 1. The fourth-order valence-electron chi connectivity index (χ4n) is 2.66. The lowest BCUT2D eigenvalue weighted by Gasteiger charge is -2.13. The molecule has 0 saturated heterocycles. The molecule has 0 unspecified atom stereocenters. The van der Waals surface area contributed by atoms with E-state index >= 15 is 0 Å². The summed E-state index contributed by atoms with van der Waals surface area (Å²) in [5.74, 6) is 0.831. The van der Waals surface area contributed by atoms with Crippen LogP contribution in [0, 0.1) is 0 Å². The third-order valence-electron chi connectivity index (χ3n) is 4.13. The van der Waals surface area contributed by atoms with Crippen LogP contribution >= 0.6 is 11.3 Å². The van der Waals surface area contributed by atoms with E-state index in [9.17, 15) is 14.7 Å². The first-order valence-corrected chi connectivity index (χ1v) is 9.58. The number of methoxy groups -OCH3 is 1. The zero-order valence-electron chi connectivity index (χ0n) is 15.9. The number of amides is 1. The predicted molar refractivity (Wildman–Crippen MR) is 113 cm³/mol. The van der Waals surface area contributed by atoms with Gasteiger partial charge in [-0.3, -0.25) is 14.6 Å². The van der Waals surface area contributed by atoms with Crippen molar-refractivity contribution in [2.75, 3.05) is 31.4 Å². The molecular formula is C20H21N3O5S. The average Bonchev–Trinajstić information content (AvgIpc) is 3.04. The van der Waals surface area contributed by atoms with Crippen molar-refractivity contribution >= 4 is 28.6 Å². The molecule has 0 aliphatic heterocycles. The first-order chi connectivity index (χ1) is 14.0. The summed E-state index contributed by atoms with van der Waals surface area (Å²) in [6.07, 6.45) is 0.431. The maximum absolute atomic E-state index is 12.2. The van der Waals surface area contributed by atoms with E-state index in [4.69, 9.17) is 9.47 Å². The minimum Gasteiger partial charge on any atom is -0.497 e. The highest BCUT2D eigenvalue weighted by Crippen LogP contribution is 2.26. The van der Waals surface area contributed by atoms with Crippen LogP contribution in [0.25, 0.3) is 0 Å². The van der Waals surface area contributed by atoms with E-state index in [-0.39, 0.29) is 23.3 Å². The second-order valence-electron chi connectivity index (χ2n) is 6.11. The van der Waals surface area contributed by atoms with Gasteiger partial charge in [0.2, 0.25) is 5.88 Å². The molecule has 29 heavy (non-hydrogen) atoms. The smallest absolute Gasteiger partial charge is 0.307 e. The van der Waals surface area contributed by atoms with Crippen LogP contribution in [0.1, 0.15) is 10.4 Å². The summed E-state index contributed by atoms with van der Waals surface area (Å²) >= 11 is 0.975. The Bertz CT molecular complexity index is 1040. The Labute approximate surface area is 171 Å². The van der Waals surface area contributed by atoms with E-state index in [0.29, 0.717) is 28.5 Å². The van der Waals surface area contributed by atoms with Gasteiger partial charge in [0.15, 0.2) is 6.61 Å². The van der Waals surface area contributed by atoms with Gasteiger partial charge in [-0.05, 0) is 29.8 Å². The van der Waals surface area contributed by atoms with Crippen LogP contribution in [0.15, 0.2) is 47.3 Å². The lowest BCUT2D eigenvalue weighted by atomic mass is 10.1. The van der Waals surface area contributed by atoms with Gasteiger partial charge in [-0.2, -0.15) is 0 Å². The van der Waals surface area contributed by atoms with Gasteiger partial charge >= 0.3 is 4.87 Å². The van der Waals surface area contributed by atoms with E-state index in [2.05, 4.69) is 15.6 Å². The molecule has 0 atom stereocenters. The Morgan fingerprint density at radius 3 is 2.48 bits per heavy atom. The van der Waals surface area contributed by atoms with E-state index in [0.717, 1.165) is 22.6 Å². The fraction of sp³-hybridized carbons (Fsp3) is 0.200. The first kappa shape index (κ1) is 20.3. The van der Waals surface area contributed by atoms with E-state index in [1.54, 1.807) is 44.5 Å². The van der Waals surface area contributed by atoms with Crippen LogP contribution in [-0.4, -0.2) is 36.8 Å². The molecule has 2 aromatic carbocycles. The molecule has 1 heterocycles. The van der Waals surface area contributed by atoms with Crippen molar-refractivity contribution < 1.29 is 19.4 Å². The standard InChI is InChI=1S/C20H21N3O5S/c1-21-16-10-14(27-2)7-8-15(16)22-18(24)11-28-13-5-3-12(4-6-13)9-17-19(25)23-20(26)29-17/h3-8,10,21,25H,9,11H2,1-2H3,(H,22,24)(H,23,26). The number of carbonyl (C=O) groups is 1. The molecule has 8 nitrogen and oxygen atoms in total. The highest BCUT2D eigenvalue weighted by atomic mass is 32.1. The quantitative estimate of drug-likeness (QED) is 0.450. The molecule has 3 rings (SSSR count). The summed E-state index contributed by atoms with van der Waals surface area (Å²) in [7, 11) is 3.34. The number of aromatic hydroxyl groups is 1. The Morgan fingerprint density at radius 1 is 1.14 bits per heavy atom. The molecule has 1 amide bonds. The summed E-state index contributed by atoms with van der Waals surface area (Å²) in [4.78, 5) is 26.1. The van der Waals surface area contributed by atoms with Crippen molar-refractivity contribution in [3.63, 3.8) is 0 Å². The van der Waals surface area contributed by atoms with Gasteiger partial charge in [0.1, 0.15) is 11.5 Å². The second-order valence-corrected chi connectivity index (χ2v) is 7.17. The first-order valence-electron chi connectivity index (χ1n) is 8.77. The molecule has 0 aliphatic rings. The van der Waals surface area contributed by atoms with Gasteiger partial charge in [-0.15, -0.1) is 0 Å². The third-order valence-corrected chi connectivity index (χ3v) is 5.00. The third kappa shape index (κ3) is 5.29. The fourth-order valence-corrected chi connectivity index (χ4v) is 3.42.